The molecular formula is C23H18FN5O5S. The summed E-state index contributed by atoms with van der Waals surface area (Å²) in [7, 11) is -4.15. The summed E-state index contributed by atoms with van der Waals surface area (Å²) in [4.78, 5) is 23.0. The first-order valence-electron chi connectivity index (χ1n) is 10.1. The van der Waals surface area contributed by atoms with Gasteiger partial charge in [-0.1, -0.05) is 24.3 Å². The summed E-state index contributed by atoms with van der Waals surface area (Å²) in [5.74, 6) is -1.35. The zero-order chi connectivity index (χ0) is 25.2. The molecule has 2 N–H and O–H groups in total. The van der Waals surface area contributed by atoms with E-state index in [4.69, 9.17) is 0 Å². The van der Waals surface area contributed by atoms with Gasteiger partial charge in [0.25, 0.3) is 21.6 Å². The summed E-state index contributed by atoms with van der Waals surface area (Å²) in [6.07, 6.45) is 1.47. The van der Waals surface area contributed by atoms with E-state index in [2.05, 4.69) is 15.1 Å². The van der Waals surface area contributed by atoms with E-state index < -0.39 is 26.7 Å². The van der Waals surface area contributed by atoms with Gasteiger partial charge in [-0.05, 0) is 48.9 Å². The zero-order valence-electron chi connectivity index (χ0n) is 18.2. The highest BCUT2D eigenvalue weighted by atomic mass is 32.2. The molecule has 0 aliphatic rings. The molecule has 3 aromatic carbocycles. The molecule has 0 bridgehead atoms. The van der Waals surface area contributed by atoms with E-state index in [-0.39, 0.29) is 27.7 Å². The number of carbonyl (C=O) groups is 1. The van der Waals surface area contributed by atoms with Crippen molar-refractivity contribution in [1.29, 1.82) is 0 Å². The molecule has 0 saturated carbocycles. The summed E-state index contributed by atoms with van der Waals surface area (Å²) < 4.78 is 43.2. The number of amides is 1. The minimum Gasteiger partial charge on any atom is -0.321 e. The fraction of sp³-hybridized carbons (Fsp3) is 0.0435. The summed E-state index contributed by atoms with van der Waals surface area (Å²) >= 11 is 0. The number of aryl methyl sites for hydroxylation is 1. The number of anilines is 2. The Hall–Kier alpha value is -4.58. The molecule has 1 amide bonds. The monoisotopic (exact) mass is 495 g/mol. The molecule has 0 aliphatic carbocycles. The van der Waals surface area contributed by atoms with Crippen LogP contribution in [0, 0.1) is 22.9 Å². The Morgan fingerprint density at radius 2 is 1.83 bits per heavy atom. The summed E-state index contributed by atoms with van der Waals surface area (Å²) in [6, 6.07) is 16.8. The molecule has 0 aliphatic heterocycles. The zero-order valence-corrected chi connectivity index (χ0v) is 19.0. The van der Waals surface area contributed by atoms with Gasteiger partial charge < -0.3 is 5.32 Å². The number of halogens is 1. The molecule has 0 saturated heterocycles. The highest BCUT2D eigenvalue weighted by Gasteiger charge is 2.20. The minimum atomic E-state index is -4.15. The molecule has 0 unspecified atom stereocenters. The number of nitro benzene ring substituents is 1. The van der Waals surface area contributed by atoms with Gasteiger partial charge >= 0.3 is 0 Å². The van der Waals surface area contributed by atoms with Crippen molar-refractivity contribution in [3.63, 3.8) is 0 Å². The van der Waals surface area contributed by atoms with Crippen LogP contribution in [0.3, 0.4) is 0 Å². The van der Waals surface area contributed by atoms with Crippen LogP contribution in [-0.2, 0) is 10.0 Å². The van der Waals surface area contributed by atoms with E-state index in [9.17, 15) is 27.7 Å². The number of non-ortho nitro benzene ring substituents is 1. The van der Waals surface area contributed by atoms with E-state index in [1.54, 1.807) is 13.0 Å². The van der Waals surface area contributed by atoms with Crippen LogP contribution in [-0.4, -0.2) is 29.0 Å². The lowest BCUT2D eigenvalue weighted by molar-refractivity contribution is -0.384. The molecule has 12 heteroatoms. The topological polar surface area (TPSA) is 136 Å². The number of benzene rings is 3. The first kappa shape index (κ1) is 23.6. The Kier molecular flexibility index (Phi) is 6.30. The van der Waals surface area contributed by atoms with Gasteiger partial charge in [0.2, 0.25) is 0 Å². The second-order valence-electron chi connectivity index (χ2n) is 7.44. The Balaban J connectivity index is 1.55. The van der Waals surface area contributed by atoms with Crippen molar-refractivity contribution in [2.75, 3.05) is 10.0 Å². The van der Waals surface area contributed by atoms with Gasteiger partial charge in [0.1, 0.15) is 5.82 Å². The first-order chi connectivity index (χ1) is 16.6. The summed E-state index contributed by atoms with van der Waals surface area (Å²) in [6.45, 7) is 1.57. The fourth-order valence-electron chi connectivity index (χ4n) is 3.24. The van der Waals surface area contributed by atoms with Gasteiger partial charge in [-0.3, -0.25) is 19.6 Å². The predicted octanol–water partition coefficient (Wildman–Crippen LogP) is 4.28. The van der Waals surface area contributed by atoms with Crippen LogP contribution < -0.4 is 10.0 Å². The molecule has 10 nitrogen and oxygen atoms in total. The summed E-state index contributed by atoms with van der Waals surface area (Å²) in [5, 5.41) is 17.7. The molecule has 4 rings (SSSR count). The minimum absolute atomic E-state index is 0.00553. The number of sulfonamides is 1. The van der Waals surface area contributed by atoms with E-state index in [1.165, 1.54) is 71.5 Å². The van der Waals surface area contributed by atoms with E-state index in [0.29, 0.717) is 11.3 Å². The van der Waals surface area contributed by atoms with Crippen molar-refractivity contribution in [3.05, 3.63) is 106 Å². The number of carbonyl (C=O) groups excluding carboxylic acids is 1. The third kappa shape index (κ3) is 5.17. The highest BCUT2D eigenvalue weighted by molar-refractivity contribution is 7.92. The van der Waals surface area contributed by atoms with E-state index >= 15 is 0 Å². The molecule has 0 fully saturated rings. The lowest BCUT2D eigenvalue weighted by Gasteiger charge is -2.13. The van der Waals surface area contributed by atoms with Crippen LogP contribution in [0.1, 0.15) is 16.1 Å². The van der Waals surface area contributed by atoms with Crippen LogP contribution in [0.25, 0.3) is 5.69 Å². The van der Waals surface area contributed by atoms with Crippen LogP contribution in [0.4, 0.5) is 21.5 Å². The molecule has 1 aromatic heterocycles. The normalized spacial score (nSPS) is 11.1. The third-order valence-corrected chi connectivity index (χ3v) is 6.49. The van der Waals surface area contributed by atoms with Gasteiger partial charge in [0, 0.05) is 24.0 Å². The van der Waals surface area contributed by atoms with Crippen molar-refractivity contribution in [2.45, 2.75) is 11.8 Å². The molecule has 0 spiro atoms. The van der Waals surface area contributed by atoms with Crippen molar-refractivity contribution in [2.24, 2.45) is 0 Å². The number of nitrogens with one attached hydrogen (secondary N) is 2. The average molecular weight is 495 g/mol. The SMILES string of the molecule is Cc1ccc(NC(=O)c2ccn(-c3cccc([N+](=O)[O-])c3)n2)cc1S(=O)(=O)Nc1ccccc1F. The fourth-order valence-corrected chi connectivity index (χ4v) is 4.58. The van der Waals surface area contributed by atoms with Gasteiger partial charge in [-0.15, -0.1) is 0 Å². The standard InChI is InChI=1S/C23H18FN5O5S/c1-15-9-10-16(13-22(15)35(33,34)27-20-8-3-2-7-19(20)24)25-23(30)21-11-12-28(26-21)17-5-4-6-18(14-17)29(31)32/h2-14,27H,1H3,(H,25,30). The second kappa shape index (κ2) is 9.35. The van der Waals surface area contributed by atoms with Crippen LogP contribution >= 0.6 is 0 Å². The molecule has 0 atom stereocenters. The number of hydrogen-bond donors (Lipinski definition) is 2. The number of nitrogens with zero attached hydrogens (tertiary/aromatic N) is 3. The number of nitro groups is 1. The van der Waals surface area contributed by atoms with Gasteiger partial charge in [-0.25, -0.2) is 17.5 Å². The van der Waals surface area contributed by atoms with Crippen LogP contribution in [0.5, 0.6) is 0 Å². The Morgan fingerprint density at radius 1 is 1.06 bits per heavy atom. The third-order valence-electron chi connectivity index (χ3n) is 4.98. The maximum absolute atomic E-state index is 13.9. The number of rotatable bonds is 7. The Labute approximate surface area is 199 Å². The number of aromatic nitrogens is 2. The molecule has 0 radical (unpaired) electrons. The van der Waals surface area contributed by atoms with Gasteiger partial charge in [-0.2, -0.15) is 5.10 Å². The molecule has 178 valence electrons. The Morgan fingerprint density at radius 3 is 2.57 bits per heavy atom. The van der Waals surface area contributed by atoms with E-state index in [1.807, 2.05) is 0 Å². The van der Waals surface area contributed by atoms with Crippen molar-refractivity contribution >= 4 is 33.0 Å². The molecule has 1 heterocycles. The van der Waals surface area contributed by atoms with Crippen molar-refractivity contribution in [1.82, 2.24) is 9.78 Å². The Bertz CT molecular complexity index is 1550. The van der Waals surface area contributed by atoms with Crippen LogP contribution in [0.15, 0.2) is 83.9 Å². The van der Waals surface area contributed by atoms with Crippen LogP contribution in [0.2, 0.25) is 0 Å². The van der Waals surface area contributed by atoms with Crippen molar-refractivity contribution in [3.8, 4) is 5.69 Å². The van der Waals surface area contributed by atoms with Crippen molar-refractivity contribution < 1.29 is 22.5 Å². The smallest absolute Gasteiger partial charge is 0.276 e. The number of para-hydroxylation sites is 1. The quantitative estimate of drug-likeness (QED) is 0.290. The first-order valence-corrected chi connectivity index (χ1v) is 11.6. The summed E-state index contributed by atoms with van der Waals surface area (Å²) in [5.41, 5.74) is 0.641. The molecule has 4 aromatic rings. The average Bonchev–Trinajstić information content (AvgIpc) is 3.32. The second-order valence-corrected chi connectivity index (χ2v) is 9.09. The largest absolute Gasteiger partial charge is 0.321 e. The highest BCUT2D eigenvalue weighted by Crippen LogP contribution is 2.24. The molecular weight excluding hydrogens is 477 g/mol. The lowest BCUT2D eigenvalue weighted by Crippen LogP contribution is -2.17. The molecule has 35 heavy (non-hydrogen) atoms. The lowest BCUT2D eigenvalue weighted by atomic mass is 10.2. The van der Waals surface area contributed by atoms with Gasteiger partial charge in [0.05, 0.1) is 21.2 Å². The maximum Gasteiger partial charge on any atom is 0.276 e. The predicted molar refractivity (Wildman–Crippen MR) is 127 cm³/mol. The number of hydrogen-bond acceptors (Lipinski definition) is 6. The van der Waals surface area contributed by atoms with Gasteiger partial charge in [0.15, 0.2) is 5.69 Å². The maximum atomic E-state index is 13.9. The van der Waals surface area contributed by atoms with E-state index in [0.717, 1.165) is 6.07 Å².